The minimum absolute atomic E-state index is 0.283. The van der Waals surface area contributed by atoms with Crippen LogP contribution in [0.25, 0.3) is 5.82 Å². The Kier molecular flexibility index (Phi) is 5.18. The predicted molar refractivity (Wildman–Crippen MR) is 106 cm³/mol. The maximum absolute atomic E-state index is 12.5. The molecule has 1 fully saturated rings. The zero-order valence-corrected chi connectivity index (χ0v) is 15.7. The molecule has 3 heterocycles. The molecule has 0 radical (unpaired) electrons. The van der Waals surface area contributed by atoms with Gasteiger partial charge in [0.25, 0.3) is 5.91 Å². The van der Waals surface area contributed by atoms with Crippen molar-refractivity contribution in [2.75, 3.05) is 30.4 Å². The second-order valence-electron chi connectivity index (χ2n) is 6.63. The highest BCUT2D eigenvalue weighted by atomic mass is 16.5. The maximum Gasteiger partial charge on any atom is 0.275 e. The van der Waals surface area contributed by atoms with E-state index in [0.29, 0.717) is 17.2 Å². The summed E-state index contributed by atoms with van der Waals surface area (Å²) >= 11 is 0. The van der Waals surface area contributed by atoms with E-state index < -0.39 is 0 Å². The largest absolute Gasteiger partial charge is 0.497 e. The van der Waals surface area contributed by atoms with Crippen molar-refractivity contribution < 1.29 is 9.53 Å². The lowest BCUT2D eigenvalue weighted by Gasteiger charge is -2.27. The zero-order valence-electron chi connectivity index (χ0n) is 15.7. The molecule has 4 rings (SSSR count). The average Bonchev–Trinajstić information content (AvgIpc) is 3.26. The van der Waals surface area contributed by atoms with Crippen molar-refractivity contribution in [3.63, 3.8) is 0 Å². The summed E-state index contributed by atoms with van der Waals surface area (Å²) in [5, 5.41) is 2.83. The van der Waals surface area contributed by atoms with Crippen molar-refractivity contribution >= 4 is 17.4 Å². The van der Waals surface area contributed by atoms with E-state index in [1.807, 2.05) is 6.07 Å². The first kappa shape index (κ1) is 18.0. The van der Waals surface area contributed by atoms with Crippen LogP contribution in [0.3, 0.4) is 0 Å². The molecule has 28 heavy (non-hydrogen) atoms. The molecule has 1 aromatic carbocycles. The van der Waals surface area contributed by atoms with Crippen LogP contribution in [0.4, 0.5) is 11.5 Å². The molecule has 0 spiro atoms. The lowest BCUT2D eigenvalue weighted by atomic mass is 10.1. The van der Waals surface area contributed by atoms with E-state index in [2.05, 4.69) is 25.2 Å². The number of hydrogen-bond acceptors (Lipinski definition) is 6. The lowest BCUT2D eigenvalue weighted by Crippen LogP contribution is -2.30. The predicted octanol–water partition coefficient (Wildman–Crippen LogP) is 2.91. The van der Waals surface area contributed by atoms with E-state index in [0.717, 1.165) is 24.7 Å². The first-order chi connectivity index (χ1) is 13.7. The van der Waals surface area contributed by atoms with Crippen molar-refractivity contribution in [1.29, 1.82) is 0 Å². The van der Waals surface area contributed by atoms with Crippen molar-refractivity contribution in [3.05, 3.63) is 54.9 Å². The summed E-state index contributed by atoms with van der Waals surface area (Å²) in [6.45, 7) is 2.02. The SMILES string of the molecule is COc1ccc(NC(=O)c2cn(-c3cc(N4CCCCC4)ncn3)cn2)cc1. The Balaban J connectivity index is 1.48. The van der Waals surface area contributed by atoms with Crippen LogP contribution in [0.2, 0.25) is 0 Å². The fourth-order valence-corrected chi connectivity index (χ4v) is 3.21. The maximum atomic E-state index is 12.5. The molecule has 0 aliphatic carbocycles. The van der Waals surface area contributed by atoms with Gasteiger partial charge in [-0.05, 0) is 43.5 Å². The van der Waals surface area contributed by atoms with Gasteiger partial charge in [0.2, 0.25) is 0 Å². The number of carbonyl (C=O) groups excluding carboxylic acids is 1. The number of carbonyl (C=O) groups is 1. The number of hydrogen-bond donors (Lipinski definition) is 1. The average molecular weight is 378 g/mol. The Bertz CT molecular complexity index is 947. The molecule has 1 saturated heterocycles. The van der Waals surface area contributed by atoms with Crippen LogP contribution in [0, 0.1) is 0 Å². The Morgan fingerprint density at radius 1 is 1.04 bits per heavy atom. The van der Waals surface area contributed by atoms with E-state index in [1.54, 1.807) is 54.8 Å². The molecule has 0 bridgehead atoms. The van der Waals surface area contributed by atoms with Gasteiger partial charge in [-0.1, -0.05) is 0 Å². The van der Waals surface area contributed by atoms with Crippen LogP contribution in [0.15, 0.2) is 49.2 Å². The number of benzene rings is 1. The third kappa shape index (κ3) is 3.95. The van der Waals surface area contributed by atoms with Crippen LogP contribution in [0.5, 0.6) is 5.75 Å². The molecule has 144 valence electrons. The molecule has 0 unspecified atom stereocenters. The van der Waals surface area contributed by atoms with Crippen LogP contribution >= 0.6 is 0 Å². The number of anilines is 2. The van der Waals surface area contributed by atoms with Crippen molar-refractivity contribution in [3.8, 4) is 11.6 Å². The normalized spacial score (nSPS) is 14.0. The minimum Gasteiger partial charge on any atom is -0.497 e. The molecule has 0 atom stereocenters. The van der Waals surface area contributed by atoms with Crippen molar-refractivity contribution in [2.45, 2.75) is 19.3 Å². The quantitative estimate of drug-likeness (QED) is 0.735. The number of rotatable bonds is 5. The highest BCUT2D eigenvalue weighted by Gasteiger charge is 2.15. The molecule has 8 nitrogen and oxygen atoms in total. The third-order valence-corrected chi connectivity index (χ3v) is 4.75. The fourth-order valence-electron chi connectivity index (χ4n) is 3.21. The summed E-state index contributed by atoms with van der Waals surface area (Å²) < 4.78 is 6.85. The van der Waals surface area contributed by atoms with Gasteiger partial charge >= 0.3 is 0 Å². The van der Waals surface area contributed by atoms with Gasteiger partial charge < -0.3 is 15.0 Å². The fraction of sp³-hybridized carbons (Fsp3) is 0.300. The van der Waals surface area contributed by atoms with E-state index in [-0.39, 0.29) is 5.91 Å². The first-order valence-corrected chi connectivity index (χ1v) is 9.30. The molecule has 1 aliphatic rings. The zero-order chi connectivity index (χ0) is 19.3. The second kappa shape index (κ2) is 8.08. The minimum atomic E-state index is -0.283. The molecule has 3 aromatic rings. The number of amides is 1. The summed E-state index contributed by atoms with van der Waals surface area (Å²) in [7, 11) is 1.60. The molecule has 8 heteroatoms. The van der Waals surface area contributed by atoms with Crippen molar-refractivity contribution in [2.24, 2.45) is 0 Å². The summed E-state index contributed by atoms with van der Waals surface area (Å²) in [4.78, 5) is 27.7. The molecule has 1 N–H and O–H groups in total. The number of aromatic nitrogens is 4. The number of nitrogens with zero attached hydrogens (tertiary/aromatic N) is 5. The Morgan fingerprint density at radius 3 is 2.54 bits per heavy atom. The Morgan fingerprint density at radius 2 is 1.79 bits per heavy atom. The summed E-state index contributed by atoms with van der Waals surface area (Å²) in [6, 6.07) is 9.07. The van der Waals surface area contributed by atoms with Gasteiger partial charge in [-0.2, -0.15) is 0 Å². The highest BCUT2D eigenvalue weighted by Crippen LogP contribution is 2.19. The highest BCUT2D eigenvalue weighted by molar-refractivity contribution is 6.02. The third-order valence-electron chi connectivity index (χ3n) is 4.75. The number of ether oxygens (including phenoxy) is 1. The Hall–Kier alpha value is -3.42. The van der Waals surface area contributed by atoms with Crippen LogP contribution < -0.4 is 15.0 Å². The number of nitrogens with one attached hydrogen (secondary N) is 1. The van der Waals surface area contributed by atoms with E-state index >= 15 is 0 Å². The Labute approximate surface area is 163 Å². The second-order valence-corrected chi connectivity index (χ2v) is 6.63. The van der Waals surface area contributed by atoms with Gasteiger partial charge in [0.15, 0.2) is 0 Å². The molecule has 1 aliphatic heterocycles. The van der Waals surface area contributed by atoms with Gasteiger partial charge in [-0.25, -0.2) is 15.0 Å². The molecule has 0 saturated carbocycles. The van der Waals surface area contributed by atoms with Crippen LogP contribution in [0.1, 0.15) is 29.8 Å². The monoisotopic (exact) mass is 378 g/mol. The standard InChI is InChI=1S/C20H22N6O2/c1-28-16-7-5-15(6-8-16)24-20(27)17-12-26(14-23-17)19-11-18(21-13-22-19)25-9-3-2-4-10-25/h5-8,11-14H,2-4,9-10H2,1H3,(H,24,27). The summed E-state index contributed by atoms with van der Waals surface area (Å²) in [5.74, 6) is 2.04. The molecule has 2 aromatic heterocycles. The van der Waals surface area contributed by atoms with E-state index in [9.17, 15) is 4.79 Å². The number of piperidine rings is 1. The van der Waals surface area contributed by atoms with Crippen LogP contribution in [-0.4, -0.2) is 45.6 Å². The topological polar surface area (TPSA) is 85.2 Å². The smallest absolute Gasteiger partial charge is 0.275 e. The van der Waals surface area contributed by atoms with Gasteiger partial charge in [0.1, 0.15) is 35.7 Å². The van der Waals surface area contributed by atoms with E-state index in [4.69, 9.17) is 4.74 Å². The first-order valence-electron chi connectivity index (χ1n) is 9.30. The van der Waals surface area contributed by atoms with Gasteiger partial charge in [-0.3, -0.25) is 9.36 Å². The van der Waals surface area contributed by atoms with Gasteiger partial charge in [-0.15, -0.1) is 0 Å². The van der Waals surface area contributed by atoms with Gasteiger partial charge in [0, 0.05) is 31.0 Å². The van der Waals surface area contributed by atoms with Crippen LogP contribution in [-0.2, 0) is 0 Å². The molecular formula is C20H22N6O2. The van der Waals surface area contributed by atoms with Crippen molar-refractivity contribution in [1.82, 2.24) is 19.5 Å². The summed E-state index contributed by atoms with van der Waals surface area (Å²) in [5.41, 5.74) is 0.990. The van der Waals surface area contributed by atoms with E-state index in [1.165, 1.54) is 19.3 Å². The summed E-state index contributed by atoms with van der Waals surface area (Å²) in [6.07, 6.45) is 8.44. The molecular weight excluding hydrogens is 356 g/mol. The number of methoxy groups -OCH3 is 1. The number of imidazole rings is 1. The van der Waals surface area contributed by atoms with Gasteiger partial charge in [0.05, 0.1) is 7.11 Å². The molecule has 1 amide bonds. The lowest BCUT2D eigenvalue weighted by molar-refractivity contribution is 0.102.